The molecular formula is C20H31N3O4. The van der Waals surface area contributed by atoms with Crippen LogP contribution >= 0.6 is 0 Å². The largest absolute Gasteiger partial charge is 0.497 e. The van der Waals surface area contributed by atoms with E-state index in [4.69, 9.17) is 4.74 Å². The summed E-state index contributed by atoms with van der Waals surface area (Å²) < 4.78 is 5.06. The molecule has 0 fully saturated rings. The Kier molecular flexibility index (Phi) is 10.6. The van der Waals surface area contributed by atoms with Crippen LogP contribution in [0.3, 0.4) is 0 Å². The summed E-state index contributed by atoms with van der Waals surface area (Å²) in [4.78, 5) is 37.9. The predicted molar refractivity (Wildman–Crippen MR) is 106 cm³/mol. The van der Waals surface area contributed by atoms with Crippen LogP contribution in [0.1, 0.15) is 46.0 Å². The smallest absolute Gasteiger partial charge is 0.243 e. The van der Waals surface area contributed by atoms with E-state index >= 15 is 0 Å². The molecule has 2 N–H and O–H groups in total. The highest BCUT2D eigenvalue weighted by Crippen LogP contribution is 2.14. The van der Waals surface area contributed by atoms with Crippen LogP contribution in [0.4, 0.5) is 5.69 Å². The van der Waals surface area contributed by atoms with Gasteiger partial charge in [-0.15, -0.1) is 0 Å². The van der Waals surface area contributed by atoms with Crippen molar-refractivity contribution < 1.29 is 19.1 Å². The maximum atomic E-state index is 12.2. The lowest BCUT2D eigenvalue weighted by atomic mass is 10.2. The van der Waals surface area contributed by atoms with Crippen molar-refractivity contribution in [1.82, 2.24) is 10.2 Å². The van der Waals surface area contributed by atoms with Crippen LogP contribution in [0.2, 0.25) is 0 Å². The number of carbonyl (C=O) groups is 3. The molecule has 1 aromatic rings. The Hall–Kier alpha value is -2.57. The molecule has 1 aromatic carbocycles. The summed E-state index contributed by atoms with van der Waals surface area (Å²) in [6, 6.07) is 6.91. The molecule has 0 heterocycles. The first-order chi connectivity index (χ1) is 13.0. The molecule has 7 nitrogen and oxygen atoms in total. The molecule has 0 saturated carbocycles. The number of hydrogen-bond acceptors (Lipinski definition) is 4. The number of rotatable bonds is 12. The third-order valence-corrected chi connectivity index (χ3v) is 4.03. The lowest BCUT2D eigenvalue weighted by Crippen LogP contribution is -2.43. The molecule has 150 valence electrons. The van der Waals surface area contributed by atoms with Crippen molar-refractivity contribution in [3.8, 4) is 5.75 Å². The molecule has 3 amide bonds. The highest BCUT2D eigenvalue weighted by Gasteiger charge is 2.16. The van der Waals surface area contributed by atoms with Gasteiger partial charge in [0.1, 0.15) is 5.75 Å². The molecule has 0 aromatic heterocycles. The van der Waals surface area contributed by atoms with Crippen LogP contribution in [0.5, 0.6) is 5.75 Å². The molecular weight excluding hydrogens is 346 g/mol. The van der Waals surface area contributed by atoms with E-state index in [1.165, 1.54) is 0 Å². The maximum Gasteiger partial charge on any atom is 0.243 e. The third kappa shape index (κ3) is 9.08. The summed E-state index contributed by atoms with van der Waals surface area (Å²) in [6.07, 6.45) is 4.00. The maximum absolute atomic E-state index is 12.2. The molecule has 7 heteroatoms. The normalized spacial score (nSPS) is 10.2. The number of unbranched alkanes of at least 4 members (excludes halogenated alkanes) is 2. The number of nitrogens with zero attached hydrogens (tertiary/aromatic N) is 1. The van der Waals surface area contributed by atoms with Gasteiger partial charge in [0.25, 0.3) is 0 Å². The Labute approximate surface area is 161 Å². The third-order valence-electron chi connectivity index (χ3n) is 4.03. The molecule has 0 saturated heterocycles. The van der Waals surface area contributed by atoms with E-state index < -0.39 is 0 Å². The number of methoxy groups -OCH3 is 1. The van der Waals surface area contributed by atoms with E-state index in [1.807, 2.05) is 13.8 Å². The summed E-state index contributed by atoms with van der Waals surface area (Å²) >= 11 is 0. The van der Waals surface area contributed by atoms with Crippen molar-refractivity contribution in [2.45, 2.75) is 46.0 Å². The first-order valence-corrected chi connectivity index (χ1v) is 9.48. The second kappa shape index (κ2) is 12.7. The van der Waals surface area contributed by atoms with E-state index in [-0.39, 0.29) is 30.8 Å². The zero-order valence-electron chi connectivity index (χ0n) is 16.5. The van der Waals surface area contributed by atoms with Crippen molar-refractivity contribution in [3.05, 3.63) is 24.3 Å². The first kappa shape index (κ1) is 22.5. The first-order valence-electron chi connectivity index (χ1n) is 9.48. The van der Waals surface area contributed by atoms with Gasteiger partial charge in [-0.1, -0.05) is 26.7 Å². The van der Waals surface area contributed by atoms with Crippen molar-refractivity contribution in [3.63, 3.8) is 0 Å². The Morgan fingerprint density at radius 2 is 1.67 bits per heavy atom. The number of amides is 3. The summed E-state index contributed by atoms with van der Waals surface area (Å²) in [7, 11) is 1.57. The van der Waals surface area contributed by atoms with Gasteiger partial charge in [0.15, 0.2) is 0 Å². The summed E-state index contributed by atoms with van der Waals surface area (Å²) in [5.74, 6) is 0.0242. The molecule has 0 spiro atoms. The van der Waals surface area contributed by atoms with E-state index in [0.29, 0.717) is 24.4 Å². The average Bonchev–Trinajstić information content (AvgIpc) is 2.68. The number of ether oxygens (including phenoxy) is 1. The van der Waals surface area contributed by atoms with E-state index in [0.717, 1.165) is 25.7 Å². The van der Waals surface area contributed by atoms with Gasteiger partial charge < -0.3 is 20.3 Å². The number of anilines is 1. The van der Waals surface area contributed by atoms with Gasteiger partial charge >= 0.3 is 0 Å². The van der Waals surface area contributed by atoms with Crippen LogP contribution in [0.15, 0.2) is 24.3 Å². The summed E-state index contributed by atoms with van der Waals surface area (Å²) in [6.45, 7) is 4.47. The Morgan fingerprint density at radius 3 is 2.26 bits per heavy atom. The minimum Gasteiger partial charge on any atom is -0.497 e. The fraction of sp³-hybridized carbons (Fsp3) is 0.550. The van der Waals surface area contributed by atoms with Crippen molar-refractivity contribution in [2.24, 2.45) is 0 Å². The fourth-order valence-corrected chi connectivity index (χ4v) is 2.41. The average molecular weight is 377 g/mol. The van der Waals surface area contributed by atoms with Crippen LogP contribution in [0.25, 0.3) is 0 Å². The topological polar surface area (TPSA) is 87.7 Å². The predicted octanol–water partition coefficient (Wildman–Crippen LogP) is 2.57. The molecule has 0 unspecified atom stereocenters. The Morgan fingerprint density at radius 1 is 1.00 bits per heavy atom. The van der Waals surface area contributed by atoms with Crippen molar-refractivity contribution >= 4 is 23.4 Å². The van der Waals surface area contributed by atoms with Crippen LogP contribution < -0.4 is 15.4 Å². The molecule has 0 aliphatic carbocycles. The van der Waals surface area contributed by atoms with Crippen molar-refractivity contribution in [2.75, 3.05) is 32.1 Å². The van der Waals surface area contributed by atoms with Gasteiger partial charge in [0.05, 0.1) is 20.2 Å². The van der Waals surface area contributed by atoms with Gasteiger partial charge in [-0.05, 0) is 37.1 Å². The van der Waals surface area contributed by atoms with Gasteiger partial charge in [-0.3, -0.25) is 14.4 Å². The number of nitrogens with one attached hydrogen (secondary N) is 2. The van der Waals surface area contributed by atoms with Gasteiger partial charge in [-0.2, -0.15) is 0 Å². The second-order valence-electron chi connectivity index (χ2n) is 6.33. The lowest BCUT2D eigenvalue weighted by molar-refractivity contribution is -0.136. The molecule has 0 radical (unpaired) electrons. The molecule has 0 aliphatic heterocycles. The van der Waals surface area contributed by atoms with Crippen LogP contribution in [-0.2, 0) is 14.4 Å². The van der Waals surface area contributed by atoms with E-state index in [9.17, 15) is 14.4 Å². The van der Waals surface area contributed by atoms with Crippen molar-refractivity contribution in [1.29, 1.82) is 0 Å². The minimum absolute atomic E-state index is 0.0110. The summed E-state index contributed by atoms with van der Waals surface area (Å²) in [5, 5.41) is 5.27. The quantitative estimate of drug-likeness (QED) is 0.586. The highest BCUT2D eigenvalue weighted by atomic mass is 16.5. The zero-order valence-corrected chi connectivity index (χ0v) is 16.5. The number of hydrogen-bond donors (Lipinski definition) is 2. The Bertz CT molecular complexity index is 602. The van der Waals surface area contributed by atoms with E-state index in [2.05, 4.69) is 10.6 Å². The molecule has 0 aliphatic rings. The van der Waals surface area contributed by atoms with Gasteiger partial charge in [-0.25, -0.2) is 0 Å². The SMILES string of the molecule is CCCCC(=O)N(CCCC)CC(=O)NCC(=O)Nc1ccc(OC)cc1. The minimum atomic E-state index is -0.333. The van der Waals surface area contributed by atoms with E-state index in [1.54, 1.807) is 36.3 Å². The summed E-state index contributed by atoms with van der Waals surface area (Å²) in [5.41, 5.74) is 0.620. The second-order valence-corrected chi connectivity index (χ2v) is 6.33. The lowest BCUT2D eigenvalue weighted by Gasteiger charge is -2.22. The number of benzene rings is 1. The Balaban J connectivity index is 2.44. The molecule has 0 bridgehead atoms. The molecule has 0 atom stereocenters. The van der Waals surface area contributed by atoms with Crippen LogP contribution in [0, 0.1) is 0 Å². The van der Waals surface area contributed by atoms with Gasteiger partial charge in [0, 0.05) is 18.7 Å². The molecule has 27 heavy (non-hydrogen) atoms. The number of carbonyl (C=O) groups excluding carboxylic acids is 3. The van der Waals surface area contributed by atoms with Gasteiger partial charge in [0.2, 0.25) is 17.7 Å². The fourth-order valence-electron chi connectivity index (χ4n) is 2.41. The highest BCUT2D eigenvalue weighted by molar-refractivity contribution is 5.95. The monoisotopic (exact) mass is 377 g/mol. The zero-order chi connectivity index (χ0) is 20.1. The molecule has 1 rings (SSSR count). The standard InChI is InChI=1S/C20H31N3O4/c1-4-6-8-20(26)23(13-7-5-2)15-19(25)21-14-18(24)22-16-9-11-17(27-3)12-10-16/h9-12H,4-8,13-15H2,1-3H3,(H,21,25)(H,22,24). The van der Waals surface area contributed by atoms with Crippen LogP contribution in [-0.4, -0.2) is 49.4 Å².